The predicted molar refractivity (Wildman–Crippen MR) is 120 cm³/mol. The average molecular weight is 427 g/mol. The summed E-state index contributed by atoms with van der Waals surface area (Å²) in [5.41, 5.74) is 1.17. The lowest BCUT2D eigenvalue weighted by Crippen LogP contribution is -2.40. The number of furan rings is 1. The van der Waals surface area contributed by atoms with E-state index < -0.39 is 0 Å². The lowest BCUT2D eigenvalue weighted by molar-refractivity contribution is 0.354. The number of hydrogen-bond acceptors (Lipinski definition) is 6. The van der Waals surface area contributed by atoms with Crippen molar-refractivity contribution in [1.82, 2.24) is 25.4 Å². The van der Waals surface area contributed by atoms with E-state index in [9.17, 15) is 0 Å². The first-order chi connectivity index (χ1) is 15.1. The van der Waals surface area contributed by atoms with Gasteiger partial charge in [-0.1, -0.05) is 6.07 Å². The van der Waals surface area contributed by atoms with Gasteiger partial charge in [-0.3, -0.25) is 10.1 Å². The molecular weight excluding hydrogens is 396 g/mol. The number of methoxy groups -OCH3 is 2. The molecular formula is C22H30N6O3. The number of rotatable bonds is 10. The molecule has 0 atom stereocenters. The molecule has 166 valence electrons. The van der Waals surface area contributed by atoms with E-state index in [2.05, 4.69) is 38.4 Å². The van der Waals surface area contributed by atoms with Crippen molar-refractivity contribution in [2.75, 3.05) is 40.9 Å². The van der Waals surface area contributed by atoms with E-state index in [-0.39, 0.29) is 0 Å². The molecule has 0 fully saturated rings. The molecule has 0 spiro atoms. The molecule has 0 radical (unpaired) electrons. The van der Waals surface area contributed by atoms with Crippen LogP contribution in [-0.2, 0) is 12.8 Å². The van der Waals surface area contributed by atoms with Gasteiger partial charge >= 0.3 is 0 Å². The quantitative estimate of drug-likeness (QED) is 0.380. The smallest absolute Gasteiger partial charge is 0.216 e. The van der Waals surface area contributed by atoms with Crippen LogP contribution >= 0.6 is 0 Å². The zero-order valence-electron chi connectivity index (χ0n) is 18.5. The van der Waals surface area contributed by atoms with Crippen LogP contribution in [0.3, 0.4) is 0 Å². The Hall–Kier alpha value is -3.49. The Balaban J connectivity index is 1.56. The number of guanidine groups is 1. The fraction of sp³-hybridized carbons (Fsp3) is 0.409. The van der Waals surface area contributed by atoms with Crippen molar-refractivity contribution < 1.29 is 13.9 Å². The number of aliphatic imine (C=N–C) groups is 1. The molecule has 2 N–H and O–H groups in total. The third-order valence-electron chi connectivity index (χ3n) is 4.76. The summed E-state index contributed by atoms with van der Waals surface area (Å²) in [6, 6.07) is 9.65. The molecule has 2 heterocycles. The van der Waals surface area contributed by atoms with Crippen LogP contribution in [-0.4, -0.2) is 66.9 Å². The first kappa shape index (κ1) is 22.2. The molecule has 0 aliphatic carbocycles. The Morgan fingerprint density at radius 2 is 2.03 bits per heavy atom. The van der Waals surface area contributed by atoms with E-state index in [1.807, 2.05) is 31.3 Å². The Morgan fingerprint density at radius 1 is 1.19 bits per heavy atom. The SMILES string of the molecule is CCNC(=NCCc1nc(-c2ccco2)n[nH]1)N(C)CCc1ccc(OC)c(OC)c1. The highest BCUT2D eigenvalue weighted by molar-refractivity contribution is 5.79. The van der Waals surface area contributed by atoms with Crippen molar-refractivity contribution in [2.45, 2.75) is 19.8 Å². The molecule has 0 unspecified atom stereocenters. The van der Waals surface area contributed by atoms with Crippen LogP contribution in [0.4, 0.5) is 0 Å². The third-order valence-corrected chi connectivity index (χ3v) is 4.76. The Bertz CT molecular complexity index is 968. The molecule has 3 aromatic rings. The van der Waals surface area contributed by atoms with Crippen LogP contribution < -0.4 is 14.8 Å². The molecule has 3 rings (SSSR count). The Labute approximate surface area is 182 Å². The minimum absolute atomic E-state index is 0.558. The summed E-state index contributed by atoms with van der Waals surface area (Å²) in [5, 5.41) is 10.5. The monoisotopic (exact) mass is 426 g/mol. The summed E-state index contributed by atoms with van der Waals surface area (Å²) >= 11 is 0. The third kappa shape index (κ3) is 6.00. The van der Waals surface area contributed by atoms with E-state index in [0.29, 0.717) is 24.6 Å². The molecule has 0 aliphatic heterocycles. The number of H-pyrrole nitrogens is 1. The van der Waals surface area contributed by atoms with Gasteiger partial charge in [0.25, 0.3) is 0 Å². The summed E-state index contributed by atoms with van der Waals surface area (Å²) in [5.74, 6) is 4.31. The first-order valence-electron chi connectivity index (χ1n) is 10.3. The number of hydrogen-bond donors (Lipinski definition) is 2. The highest BCUT2D eigenvalue weighted by Crippen LogP contribution is 2.27. The van der Waals surface area contributed by atoms with Gasteiger partial charge < -0.3 is 24.1 Å². The van der Waals surface area contributed by atoms with Crippen molar-refractivity contribution in [1.29, 1.82) is 0 Å². The number of benzene rings is 1. The summed E-state index contributed by atoms with van der Waals surface area (Å²) in [6.45, 7) is 4.26. The second-order valence-electron chi connectivity index (χ2n) is 6.93. The van der Waals surface area contributed by atoms with Crippen molar-refractivity contribution >= 4 is 5.96 Å². The number of likely N-dealkylation sites (N-methyl/N-ethyl adjacent to an activating group) is 1. The number of aromatic amines is 1. The maximum absolute atomic E-state index is 5.40. The van der Waals surface area contributed by atoms with E-state index in [0.717, 1.165) is 42.8 Å². The van der Waals surface area contributed by atoms with Gasteiger partial charge in [0.05, 0.1) is 20.5 Å². The number of nitrogens with one attached hydrogen (secondary N) is 2. The molecule has 0 amide bonds. The van der Waals surface area contributed by atoms with Gasteiger partial charge in [-0.15, -0.1) is 0 Å². The van der Waals surface area contributed by atoms with E-state index >= 15 is 0 Å². The van der Waals surface area contributed by atoms with Gasteiger partial charge in [0, 0.05) is 33.1 Å². The first-order valence-corrected chi connectivity index (χ1v) is 10.3. The second-order valence-corrected chi connectivity index (χ2v) is 6.93. The van der Waals surface area contributed by atoms with Gasteiger partial charge in [0.2, 0.25) is 5.82 Å². The molecule has 9 heteroatoms. The minimum atomic E-state index is 0.558. The fourth-order valence-electron chi connectivity index (χ4n) is 3.10. The average Bonchev–Trinajstić information content (AvgIpc) is 3.48. The summed E-state index contributed by atoms with van der Waals surface area (Å²) in [7, 11) is 5.32. The molecule has 0 aliphatic rings. The van der Waals surface area contributed by atoms with Crippen molar-refractivity contribution in [3.8, 4) is 23.1 Å². The Morgan fingerprint density at radius 3 is 2.74 bits per heavy atom. The van der Waals surface area contributed by atoms with Crippen LogP contribution in [0, 0.1) is 0 Å². The lowest BCUT2D eigenvalue weighted by atomic mass is 10.1. The van der Waals surface area contributed by atoms with Crippen LogP contribution in [0.2, 0.25) is 0 Å². The minimum Gasteiger partial charge on any atom is -0.493 e. The Kier molecular flexibility index (Phi) is 7.91. The van der Waals surface area contributed by atoms with Gasteiger partial charge in [-0.25, -0.2) is 4.98 Å². The molecule has 31 heavy (non-hydrogen) atoms. The van der Waals surface area contributed by atoms with Crippen LogP contribution in [0.1, 0.15) is 18.3 Å². The van der Waals surface area contributed by atoms with Crippen LogP contribution in [0.5, 0.6) is 11.5 Å². The maximum atomic E-state index is 5.40. The van der Waals surface area contributed by atoms with Crippen molar-refractivity contribution in [3.63, 3.8) is 0 Å². The molecule has 0 saturated carbocycles. The van der Waals surface area contributed by atoms with Crippen molar-refractivity contribution in [2.24, 2.45) is 4.99 Å². The normalized spacial score (nSPS) is 11.4. The van der Waals surface area contributed by atoms with Gasteiger partial charge in [0.15, 0.2) is 23.2 Å². The van der Waals surface area contributed by atoms with E-state index in [1.54, 1.807) is 20.5 Å². The molecule has 1 aromatic carbocycles. The topological polar surface area (TPSA) is 101 Å². The van der Waals surface area contributed by atoms with Crippen molar-refractivity contribution in [3.05, 3.63) is 48.0 Å². The van der Waals surface area contributed by atoms with E-state index in [4.69, 9.17) is 18.9 Å². The van der Waals surface area contributed by atoms with Crippen LogP contribution in [0.25, 0.3) is 11.6 Å². The van der Waals surface area contributed by atoms with Gasteiger partial charge in [-0.05, 0) is 43.2 Å². The highest BCUT2D eigenvalue weighted by atomic mass is 16.5. The van der Waals surface area contributed by atoms with Crippen LogP contribution in [0.15, 0.2) is 46.0 Å². The predicted octanol–water partition coefficient (Wildman–Crippen LogP) is 2.76. The summed E-state index contributed by atoms with van der Waals surface area (Å²) in [6.07, 6.45) is 3.12. The zero-order chi connectivity index (χ0) is 22.1. The zero-order valence-corrected chi connectivity index (χ0v) is 18.5. The molecule has 2 aromatic heterocycles. The molecule has 0 bridgehead atoms. The molecule has 0 saturated heterocycles. The number of aromatic nitrogens is 3. The maximum Gasteiger partial charge on any atom is 0.216 e. The summed E-state index contributed by atoms with van der Waals surface area (Å²) in [4.78, 5) is 11.3. The standard InChI is InChI=1S/C22H30N6O3/c1-5-23-22(24-12-10-20-25-21(27-26-20)18-7-6-14-31-18)28(2)13-11-16-8-9-17(29-3)19(15-16)30-4/h6-9,14-15H,5,10-13H2,1-4H3,(H,23,24)(H,25,26,27). The fourth-order valence-corrected chi connectivity index (χ4v) is 3.10. The number of nitrogens with zero attached hydrogens (tertiary/aromatic N) is 4. The number of ether oxygens (including phenoxy) is 2. The lowest BCUT2D eigenvalue weighted by Gasteiger charge is -2.22. The van der Waals surface area contributed by atoms with E-state index in [1.165, 1.54) is 5.56 Å². The second kappa shape index (κ2) is 11.1. The highest BCUT2D eigenvalue weighted by Gasteiger charge is 2.10. The molecule has 9 nitrogen and oxygen atoms in total. The van der Waals surface area contributed by atoms with Gasteiger partial charge in [-0.2, -0.15) is 5.10 Å². The van der Waals surface area contributed by atoms with Gasteiger partial charge in [0.1, 0.15) is 5.82 Å². The summed E-state index contributed by atoms with van der Waals surface area (Å²) < 4.78 is 16.0. The largest absolute Gasteiger partial charge is 0.493 e.